The van der Waals surface area contributed by atoms with Crippen LogP contribution >= 0.6 is 0 Å². The Kier molecular flexibility index (Phi) is 6.70. The zero-order valence-corrected chi connectivity index (χ0v) is 17.7. The predicted octanol–water partition coefficient (Wildman–Crippen LogP) is 3.98. The van der Waals surface area contributed by atoms with Gasteiger partial charge in [0.25, 0.3) is 0 Å². The first-order valence-electron chi connectivity index (χ1n) is 11.1. The summed E-state index contributed by atoms with van der Waals surface area (Å²) in [6.07, 6.45) is 6.40. The van der Waals surface area contributed by atoms with E-state index in [0.29, 0.717) is 25.6 Å². The van der Waals surface area contributed by atoms with Gasteiger partial charge in [0.15, 0.2) is 0 Å². The van der Waals surface area contributed by atoms with Crippen molar-refractivity contribution in [3.8, 4) is 0 Å². The summed E-state index contributed by atoms with van der Waals surface area (Å²) in [5, 5.41) is 16.0. The molecule has 2 heterocycles. The number of urea groups is 1. The maximum atomic E-state index is 13.0. The Hall–Kier alpha value is -3.09. The van der Waals surface area contributed by atoms with Gasteiger partial charge in [-0.3, -0.25) is 4.79 Å². The molecule has 1 aromatic carbocycles. The van der Waals surface area contributed by atoms with E-state index in [-0.39, 0.29) is 24.4 Å². The van der Waals surface area contributed by atoms with E-state index >= 15 is 0 Å². The van der Waals surface area contributed by atoms with E-state index in [1.54, 1.807) is 6.20 Å². The summed E-state index contributed by atoms with van der Waals surface area (Å²) in [4.78, 5) is 30.5. The third kappa shape index (κ3) is 5.54. The van der Waals surface area contributed by atoms with Crippen molar-refractivity contribution in [1.82, 2.24) is 15.2 Å². The topological polar surface area (TPSA) is 94.6 Å². The number of carbonyl (C=O) groups is 2. The van der Waals surface area contributed by atoms with E-state index in [2.05, 4.69) is 15.6 Å². The molecular formula is C24H30N4O3. The molecule has 0 radical (unpaired) electrons. The number of anilines is 1. The zero-order valence-electron chi connectivity index (χ0n) is 17.7. The summed E-state index contributed by atoms with van der Waals surface area (Å²) in [6.45, 7) is 1.09. The molecule has 0 spiro atoms. The first kappa shape index (κ1) is 21.2. The molecule has 31 heavy (non-hydrogen) atoms. The van der Waals surface area contributed by atoms with Gasteiger partial charge in [0.2, 0.25) is 0 Å². The minimum Gasteiger partial charge on any atom is -0.481 e. The average Bonchev–Trinajstić information content (AvgIpc) is 2.95. The van der Waals surface area contributed by atoms with Crippen molar-refractivity contribution < 1.29 is 14.7 Å². The number of nitrogens with zero attached hydrogens (tertiary/aromatic N) is 2. The molecule has 2 aromatic rings. The molecule has 1 saturated carbocycles. The largest absolute Gasteiger partial charge is 0.481 e. The highest BCUT2D eigenvalue weighted by Gasteiger charge is 2.28. The number of rotatable bonds is 5. The van der Waals surface area contributed by atoms with Gasteiger partial charge in [-0.05, 0) is 61.3 Å². The highest BCUT2D eigenvalue weighted by molar-refractivity contribution is 5.75. The number of pyridine rings is 1. The van der Waals surface area contributed by atoms with Crippen molar-refractivity contribution >= 4 is 17.8 Å². The van der Waals surface area contributed by atoms with Crippen LogP contribution in [-0.2, 0) is 11.3 Å². The second-order valence-corrected chi connectivity index (χ2v) is 8.56. The lowest BCUT2D eigenvalue weighted by Crippen LogP contribution is -2.46. The maximum absolute atomic E-state index is 13.0. The zero-order chi connectivity index (χ0) is 21.6. The third-order valence-electron chi connectivity index (χ3n) is 6.38. The number of hydrogen-bond acceptors (Lipinski definition) is 4. The first-order chi connectivity index (χ1) is 15.1. The molecule has 4 rings (SSSR count). The third-order valence-corrected chi connectivity index (χ3v) is 6.38. The van der Waals surface area contributed by atoms with Crippen LogP contribution in [0.25, 0.3) is 0 Å². The summed E-state index contributed by atoms with van der Waals surface area (Å²) in [5.41, 5.74) is 2.10. The minimum absolute atomic E-state index is 0.0492. The molecule has 3 N–H and O–H groups in total. The lowest BCUT2D eigenvalue weighted by molar-refractivity contribution is -0.137. The summed E-state index contributed by atoms with van der Waals surface area (Å²) in [5.74, 6) is 0.0440. The lowest BCUT2D eigenvalue weighted by Gasteiger charge is -2.32. The molecule has 7 heteroatoms. The van der Waals surface area contributed by atoms with E-state index in [1.165, 1.54) is 0 Å². The predicted molar refractivity (Wildman–Crippen MR) is 119 cm³/mol. The van der Waals surface area contributed by atoms with Crippen LogP contribution in [0.1, 0.15) is 55.6 Å². The summed E-state index contributed by atoms with van der Waals surface area (Å²) in [7, 11) is 0. The fraction of sp³-hybridized carbons (Fsp3) is 0.458. The highest BCUT2D eigenvalue weighted by Crippen LogP contribution is 2.31. The van der Waals surface area contributed by atoms with Gasteiger partial charge in [0.05, 0.1) is 6.42 Å². The monoisotopic (exact) mass is 422 g/mol. The SMILES string of the molecule is O=C(O)CC1CCN(C(=O)N[C@H]2CC[C@H](Nc3ccccn3)CC2)Cc2ccccc21. The molecule has 164 valence electrons. The van der Waals surface area contributed by atoms with Crippen LogP contribution in [0.15, 0.2) is 48.7 Å². The van der Waals surface area contributed by atoms with Gasteiger partial charge >= 0.3 is 12.0 Å². The van der Waals surface area contributed by atoms with Gasteiger partial charge < -0.3 is 20.6 Å². The molecule has 1 aliphatic heterocycles. The molecule has 0 bridgehead atoms. The Labute approximate surface area is 182 Å². The number of fused-ring (bicyclic) bond motifs is 1. The van der Waals surface area contributed by atoms with Crippen LogP contribution in [0.3, 0.4) is 0 Å². The minimum atomic E-state index is -0.797. The van der Waals surface area contributed by atoms with Crippen LogP contribution < -0.4 is 10.6 Å². The van der Waals surface area contributed by atoms with E-state index < -0.39 is 5.97 Å². The summed E-state index contributed by atoms with van der Waals surface area (Å²) < 4.78 is 0. The van der Waals surface area contributed by atoms with Crippen molar-refractivity contribution in [3.63, 3.8) is 0 Å². The van der Waals surface area contributed by atoms with Crippen LogP contribution in [-0.4, -0.2) is 45.6 Å². The molecule has 0 saturated heterocycles. The van der Waals surface area contributed by atoms with Gasteiger partial charge in [0, 0.05) is 31.4 Å². The number of nitrogens with one attached hydrogen (secondary N) is 2. The van der Waals surface area contributed by atoms with Crippen LogP contribution in [0.2, 0.25) is 0 Å². The van der Waals surface area contributed by atoms with E-state index in [1.807, 2.05) is 47.4 Å². The number of aromatic nitrogens is 1. The van der Waals surface area contributed by atoms with Gasteiger partial charge in [-0.1, -0.05) is 30.3 Å². The van der Waals surface area contributed by atoms with Crippen molar-refractivity contribution in [1.29, 1.82) is 0 Å². The van der Waals surface area contributed by atoms with Crippen LogP contribution in [0, 0.1) is 0 Å². The number of benzene rings is 1. The van der Waals surface area contributed by atoms with E-state index in [9.17, 15) is 14.7 Å². The van der Waals surface area contributed by atoms with Crippen molar-refractivity contribution in [2.75, 3.05) is 11.9 Å². The Morgan fingerprint density at radius 3 is 2.48 bits per heavy atom. The number of carboxylic acid groups (broad SMARTS) is 1. The summed E-state index contributed by atoms with van der Waals surface area (Å²) in [6, 6.07) is 14.3. The molecule has 1 unspecified atom stereocenters. The Morgan fingerprint density at radius 2 is 1.74 bits per heavy atom. The highest BCUT2D eigenvalue weighted by atomic mass is 16.4. The number of aliphatic carboxylic acids is 1. The molecule has 1 atom stereocenters. The Morgan fingerprint density at radius 1 is 1.00 bits per heavy atom. The number of carboxylic acids is 1. The molecule has 1 aliphatic carbocycles. The van der Waals surface area contributed by atoms with E-state index in [0.717, 1.165) is 42.6 Å². The van der Waals surface area contributed by atoms with Crippen molar-refractivity contribution in [3.05, 3.63) is 59.8 Å². The molecule has 2 amide bonds. The normalized spacial score (nSPS) is 23.4. The molecule has 2 aliphatic rings. The Balaban J connectivity index is 1.31. The van der Waals surface area contributed by atoms with Crippen LogP contribution in [0.4, 0.5) is 10.6 Å². The molecular weight excluding hydrogens is 392 g/mol. The van der Waals surface area contributed by atoms with Crippen LogP contribution in [0.5, 0.6) is 0 Å². The van der Waals surface area contributed by atoms with Crippen molar-refractivity contribution in [2.24, 2.45) is 0 Å². The standard InChI is InChI=1S/C24H30N4O3/c29-23(30)15-17-12-14-28(16-18-5-1-2-6-21(17)18)24(31)27-20-10-8-19(9-11-20)26-22-7-3-4-13-25-22/h1-7,13,17,19-20H,8-12,14-16H2,(H,25,26)(H,27,31)(H,29,30)/t17?,19-,20-. The lowest BCUT2D eigenvalue weighted by atomic mass is 9.90. The first-order valence-corrected chi connectivity index (χ1v) is 11.1. The molecule has 7 nitrogen and oxygen atoms in total. The molecule has 1 aromatic heterocycles. The van der Waals surface area contributed by atoms with E-state index in [4.69, 9.17) is 0 Å². The van der Waals surface area contributed by atoms with Gasteiger partial charge in [-0.25, -0.2) is 9.78 Å². The fourth-order valence-electron chi connectivity index (χ4n) is 4.73. The molecule has 1 fully saturated rings. The Bertz CT molecular complexity index is 897. The number of amides is 2. The average molecular weight is 423 g/mol. The summed E-state index contributed by atoms with van der Waals surface area (Å²) >= 11 is 0. The number of carbonyl (C=O) groups excluding carboxylic acids is 1. The smallest absolute Gasteiger partial charge is 0.317 e. The van der Waals surface area contributed by atoms with Gasteiger partial charge in [0.1, 0.15) is 5.82 Å². The second kappa shape index (κ2) is 9.81. The van der Waals surface area contributed by atoms with Gasteiger partial charge in [-0.2, -0.15) is 0 Å². The second-order valence-electron chi connectivity index (χ2n) is 8.56. The van der Waals surface area contributed by atoms with Gasteiger partial charge in [-0.15, -0.1) is 0 Å². The fourth-order valence-corrected chi connectivity index (χ4v) is 4.73. The van der Waals surface area contributed by atoms with Crippen molar-refractivity contribution in [2.45, 2.75) is 63.1 Å². The number of hydrogen-bond donors (Lipinski definition) is 3. The quantitative estimate of drug-likeness (QED) is 0.678. The maximum Gasteiger partial charge on any atom is 0.317 e.